The molecule has 0 saturated heterocycles. The number of para-hydroxylation sites is 2. The van der Waals surface area contributed by atoms with Crippen LogP contribution in [0.4, 0.5) is 11.4 Å². The van der Waals surface area contributed by atoms with E-state index in [2.05, 4.69) is 131 Å². The third-order valence-electron chi connectivity index (χ3n) is 7.00. The molecule has 0 fully saturated rings. The summed E-state index contributed by atoms with van der Waals surface area (Å²) in [5, 5.41) is 2.56. The van der Waals surface area contributed by atoms with Gasteiger partial charge in [0.05, 0.1) is 0 Å². The van der Waals surface area contributed by atoms with E-state index in [9.17, 15) is 0 Å². The summed E-state index contributed by atoms with van der Waals surface area (Å²) in [5.74, 6) is 0. The Labute approximate surface area is 249 Å². The van der Waals surface area contributed by atoms with Crippen LogP contribution >= 0.6 is 0 Å². The van der Waals surface area contributed by atoms with Gasteiger partial charge in [-0.2, -0.15) is 0 Å². The molecule has 4 heteroatoms. The molecule has 5 aromatic rings. The Bertz CT molecular complexity index is 1440. The fourth-order valence-corrected chi connectivity index (χ4v) is 4.62. The van der Waals surface area contributed by atoms with E-state index < -0.39 is 0 Å². The van der Waals surface area contributed by atoms with Gasteiger partial charge in [0.25, 0.3) is 0 Å². The Morgan fingerprint density at radius 2 is 0.923 bits per heavy atom. The Hall–Kier alpha value is -3.24. The van der Waals surface area contributed by atoms with Gasteiger partial charge >= 0.3 is 0 Å². The zero-order valence-corrected chi connectivity index (χ0v) is 25.8. The molecular weight excluding hydrogens is 659 g/mol. The molecule has 0 unspecified atom stereocenters. The minimum atomic E-state index is 0. The quantitative estimate of drug-likeness (QED) is 0.136. The van der Waals surface area contributed by atoms with Crippen molar-refractivity contribution in [3.05, 3.63) is 127 Å². The predicted molar refractivity (Wildman–Crippen MR) is 163 cm³/mol. The van der Waals surface area contributed by atoms with Gasteiger partial charge in [-0.1, -0.05) is 114 Å². The van der Waals surface area contributed by atoms with Crippen molar-refractivity contribution in [1.82, 2.24) is 4.98 Å². The van der Waals surface area contributed by atoms with E-state index in [1.165, 1.54) is 33.3 Å². The second-order valence-corrected chi connectivity index (χ2v) is 12.0. The summed E-state index contributed by atoms with van der Waals surface area (Å²) < 4.78 is 0. The van der Waals surface area contributed by atoms with Crippen molar-refractivity contribution in [2.24, 2.45) is 0 Å². The largest absolute Gasteiger partial charge is 0.657 e. The first-order valence-electron chi connectivity index (χ1n) is 13.3. The number of nitrogens with zero attached hydrogens (tertiary/aromatic N) is 3. The van der Waals surface area contributed by atoms with Crippen LogP contribution in [0.5, 0.6) is 0 Å². The molecule has 0 atom stereocenters. The molecule has 1 aliphatic heterocycles. The van der Waals surface area contributed by atoms with Gasteiger partial charge in [0, 0.05) is 33.8 Å². The number of hydrogen-bond acceptors (Lipinski definition) is 2. The van der Waals surface area contributed by atoms with Crippen molar-refractivity contribution < 1.29 is 22.4 Å². The van der Waals surface area contributed by atoms with Crippen LogP contribution in [0.3, 0.4) is 0 Å². The molecule has 6 rings (SSSR count). The van der Waals surface area contributed by atoms with E-state index in [4.69, 9.17) is 4.98 Å². The average molecular weight is 697 g/mol. The fraction of sp³-hybridized carbons (Fsp3) is 0.229. The summed E-state index contributed by atoms with van der Waals surface area (Å²) in [7, 11) is 0. The molecule has 0 amide bonds. The van der Waals surface area contributed by atoms with Gasteiger partial charge in [0.15, 0.2) is 0 Å². The number of aromatic nitrogens is 1. The van der Waals surface area contributed by atoms with E-state index in [1.54, 1.807) is 0 Å². The molecule has 4 aromatic carbocycles. The molecule has 1 aliphatic rings. The molecule has 39 heavy (non-hydrogen) atoms. The number of rotatable bonds is 2. The maximum atomic E-state index is 4.76. The van der Waals surface area contributed by atoms with Crippen LogP contribution in [0.15, 0.2) is 109 Å². The van der Waals surface area contributed by atoms with Crippen LogP contribution in [0, 0.1) is 6.67 Å². The summed E-state index contributed by atoms with van der Waals surface area (Å²) in [4.78, 5) is 8.97. The summed E-state index contributed by atoms with van der Waals surface area (Å²) in [6.07, 6.45) is 4.12. The SMILES string of the molecule is C1=CN(c2ccccc2)[CH-]N1c1ccccc1.CC(C)(C)c1ccc2[n-]c3ccc(C(C)(C)C)cc3c2c1.[Au]. The van der Waals surface area contributed by atoms with Gasteiger partial charge in [-0.25, -0.2) is 0 Å². The molecule has 1 aromatic heterocycles. The Morgan fingerprint density at radius 1 is 0.538 bits per heavy atom. The Kier molecular flexibility index (Phi) is 8.46. The van der Waals surface area contributed by atoms with Gasteiger partial charge < -0.3 is 14.8 Å². The molecule has 205 valence electrons. The number of anilines is 2. The first-order chi connectivity index (χ1) is 18.1. The van der Waals surface area contributed by atoms with E-state index in [-0.39, 0.29) is 33.2 Å². The topological polar surface area (TPSA) is 20.6 Å². The van der Waals surface area contributed by atoms with Crippen molar-refractivity contribution in [3.8, 4) is 0 Å². The first-order valence-corrected chi connectivity index (χ1v) is 13.3. The van der Waals surface area contributed by atoms with Crippen LogP contribution in [-0.2, 0) is 33.2 Å². The normalized spacial score (nSPS) is 13.4. The number of hydrogen-bond donors (Lipinski definition) is 0. The molecule has 2 heterocycles. The van der Waals surface area contributed by atoms with Gasteiger partial charge in [-0.3, -0.25) is 0 Å². The predicted octanol–water partition coefficient (Wildman–Crippen LogP) is 9.15. The van der Waals surface area contributed by atoms with Crippen LogP contribution in [0.25, 0.3) is 21.8 Å². The second kappa shape index (κ2) is 11.5. The monoisotopic (exact) mass is 696 g/mol. The smallest absolute Gasteiger partial charge is 0.0124 e. The molecule has 0 N–H and O–H groups in total. The minimum Gasteiger partial charge on any atom is -0.657 e. The Balaban J connectivity index is 0.000000180. The zero-order valence-electron chi connectivity index (χ0n) is 23.6. The molecule has 0 spiro atoms. The van der Waals surface area contributed by atoms with Gasteiger partial charge in [0.1, 0.15) is 0 Å². The van der Waals surface area contributed by atoms with Crippen LogP contribution in [-0.4, -0.2) is 0 Å². The first kappa shape index (κ1) is 28.8. The van der Waals surface area contributed by atoms with Crippen molar-refractivity contribution in [2.45, 2.75) is 52.4 Å². The third kappa shape index (κ3) is 6.50. The van der Waals surface area contributed by atoms with Gasteiger partial charge in [0.2, 0.25) is 0 Å². The van der Waals surface area contributed by atoms with Crippen LogP contribution in [0.1, 0.15) is 52.7 Å². The number of fused-ring (bicyclic) bond motifs is 3. The molecular formula is C35H37AuN3-2. The summed E-state index contributed by atoms with van der Waals surface area (Å²) in [6, 6.07) is 34.0. The van der Waals surface area contributed by atoms with Crippen LogP contribution < -0.4 is 14.8 Å². The van der Waals surface area contributed by atoms with Crippen molar-refractivity contribution in [3.63, 3.8) is 0 Å². The maximum absolute atomic E-state index is 4.76. The molecule has 3 nitrogen and oxygen atoms in total. The zero-order chi connectivity index (χ0) is 26.9. The molecule has 0 aliphatic carbocycles. The summed E-state index contributed by atoms with van der Waals surface area (Å²) in [6.45, 7) is 15.6. The van der Waals surface area contributed by atoms with Crippen LogP contribution in [0.2, 0.25) is 0 Å². The van der Waals surface area contributed by atoms with E-state index >= 15 is 0 Å². The maximum Gasteiger partial charge on any atom is 0.0124 e. The van der Waals surface area contributed by atoms with Gasteiger partial charge in [-0.15, -0.1) is 17.7 Å². The minimum absolute atomic E-state index is 0. The van der Waals surface area contributed by atoms with Gasteiger partial charge in [-0.05, 0) is 69.4 Å². The standard InChI is InChI=1S/C20H24N.C15H13N2.Au/c1-19(2,3)13-7-9-17-15(11-13)16-12-14(20(4,5)6)8-10-18(16)21-17;1-3-7-14(8-4-1)16-11-12-17(13-16)15-9-5-2-6-10-15;/h7-12H,1-6H3;1-13H;/q2*-1;. The molecule has 1 radical (unpaired) electrons. The fourth-order valence-electron chi connectivity index (χ4n) is 4.62. The second-order valence-electron chi connectivity index (χ2n) is 12.0. The summed E-state index contributed by atoms with van der Waals surface area (Å²) in [5.41, 5.74) is 7.60. The van der Waals surface area contributed by atoms with Crippen molar-refractivity contribution in [2.75, 3.05) is 9.80 Å². The van der Waals surface area contributed by atoms with Crippen molar-refractivity contribution in [1.29, 1.82) is 0 Å². The van der Waals surface area contributed by atoms with E-state index in [1.807, 2.05) is 36.4 Å². The molecule has 0 saturated carbocycles. The number of benzene rings is 4. The summed E-state index contributed by atoms with van der Waals surface area (Å²) >= 11 is 0. The third-order valence-corrected chi connectivity index (χ3v) is 7.00. The Morgan fingerprint density at radius 3 is 1.28 bits per heavy atom. The average Bonchev–Trinajstić information content (AvgIpc) is 3.54. The van der Waals surface area contributed by atoms with E-state index in [0.717, 1.165) is 11.0 Å². The molecule has 0 bridgehead atoms. The van der Waals surface area contributed by atoms with E-state index in [0.29, 0.717) is 0 Å². The van der Waals surface area contributed by atoms with Crippen molar-refractivity contribution >= 4 is 33.2 Å².